The molecule has 1 amide bonds. The lowest BCUT2D eigenvalue weighted by atomic mass is 10.3. The zero-order chi connectivity index (χ0) is 15.7. The molecule has 6 nitrogen and oxygen atoms in total. The molecular formula is C13H11N3O3S3. The van der Waals surface area contributed by atoms with Crippen LogP contribution in [0, 0.1) is 0 Å². The molecule has 3 aromatic rings. The number of hydrogen-bond donors (Lipinski definition) is 2. The molecule has 0 spiro atoms. The van der Waals surface area contributed by atoms with Crippen LogP contribution in [0.1, 0.15) is 6.92 Å². The maximum atomic E-state index is 12.2. The molecule has 0 bridgehead atoms. The molecule has 22 heavy (non-hydrogen) atoms. The largest absolute Gasteiger partial charge is 0.302 e. The minimum absolute atomic E-state index is 0.197. The lowest BCUT2D eigenvalue weighted by molar-refractivity contribution is -0.114. The summed E-state index contributed by atoms with van der Waals surface area (Å²) in [5, 5.41) is 4.81. The summed E-state index contributed by atoms with van der Waals surface area (Å²) in [6.07, 6.45) is 0. The van der Waals surface area contributed by atoms with Gasteiger partial charge in [-0.3, -0.25) is 9.52 Å². The Kier molecular flexibility index (Phi) is 3.85. The zero-order valence-electron chi connectivity index (χ0n) is 11.4. The normalized spacial score (nSPS) is 11.5. The molecule has 0 atom stereocenters. The number of rotatable bonds is 4. The van der Waals surface area contributed by atoms with Crippen molar-refractivity contribution in [2.45, 2.75) is 11.1 Å². The summed E-state index contributed by atoms with van der Waals surface area (Å²) in [6, 6.07) is 8.29. The van der Waals surface area contributed by atoms with Crippen molar-refractivity contribution in [1.29, 1.82) is 0 Å². The van der Waals surface area contributed by atoms with E-state index in [1.165, 1.54) is 18.3 Å². The SMILES string of the molecule is CC(=O)Nc1nc2ccc(NS(=O)(=O)c3cccs3)cc2s1. The quantitative estimate of drug-likeness (QED) is 0.754. The first-order valence-electron chi connectivity index (χ1n) is 6.18. The predicted octanol–water partition coefficient (Wildman–Crippen LogP) is 3.12. The number of hydrogen-bond acceptors (Lipinski definition) is 6. The van der Waals surface area contributed by atoms with Crippen molar-refractivity contribution in [2.75, 3.05) is 10.0 Å². The van der Waals surface area contributed by atoms with E-state index in [1.54, 1.807) is 35.7 Å². The van der Waals surface area contributed by atoms with Gasteiger partial charge in [0.1, 0.15) is 4.21 Å². The number of benzene rings is 1. The predicted molar refractivity (Wildman–Crippen MR) is 89.1 cm³/mol. The van der Waals surface area contributed by atoms with Crippen LogP contribution in [0.2, 0.25) is 0 Å². The van der Waals surface area contributed by atoms with E-state index < -0.39 is 10.0 Å². The van der Waals surface area contributed by atoms with E-state index in [4.69, 9.17) is 0 Å². The average molecular weight is 353 g/mol. The Morgan fingerprint density at radius 3 is 2.77 bits per heavy atom. The van der Waals surface area contributed by atoms with Crippen molar-refractivity contribution >= 4 is 59.6 Å². The lowest BCUT2D eigenvalue weighted by Crippen LogP contribution is -2.11. The van der Waals surface area contributed by atoms with Gasteiger partial charge in [-0.2, -0.15) is 0 Å². The number of carbonyl (C=O) groups is 1. The third kappa shape index (κ3) is 3.11. The Morgan fingerprint density at radius 2 is 2.09 bits per heavy atom. The standard InChI is InChI=1S/C13H11N3O3S3/c1-8(17)14-13-15-10-5-4-9(7-11(10)21-13)16-22(18,19)12-3-2-6-20-12/h2-7,16H,1H3,(H,14,15,17). The lowest BCUT2D eigenvalue weighted by Gasteiger charge is -2.05. The van der Waals surface area contributed by atoms with Crippen molar-refractivity contribution in [3.63, 3.8) is 0 Å². The number of amides is 1. The number of nitrogens with one attached hydrogen (secondary N) is 2. The van der Waals surface area contributed by atoms with Crippen LogP contribution < -0.4 is 10.0 Å². The highest BCUT2D eigenvalue weighted by Gasteiger charge is 2.15. The van der Waals surface area contributed by atoms with Crippen LogP contribution in [-0.4, -0.2) is 19.3 Å². The molecule has 2 N–H and O–H groups in total. The monoisotopic (exact) mass is 353 g/mol. The molecule has 0 aliphatic rings. The Balaban J connectivity index is 1.90. The molecule has 114 valence electrons. The van der Waals surface area contributed by atoms with Gasteiger partial charge in [0.2, 0.25) is 5.91 Å². The van der Waals surface area contributed by atoms with Gasteiger partial charge in [-0.15, -0.1) is 11.3 Å². The van der Waals surface area contributed by atoms with Gasteiger partial charge in [0.15, 0.2) is 5.13 Å². The fourth-order valence-corrected chi connectivity index (χ4v) is 4.81. The number of thiazole rings is 1. The highest BCUT2D eigenvalue weighted by atomic mass is 32.2. The van der Waals surface area contributed by atoms with Crippen LogP contribution in [0.15, 0.2) is 39.9 Å². The minimum Gasteiger partial charge on any atom is -0.302 e. The summed E-state index contributed by atoms with van der Waals surface area (Å²) in [4.78, 5) is 15.3. The van der Waals surface area contributed by atoms with E-state index in [0.717, 1.165) is 16.0 Å². The van der Waals surface area contributed by atoms with Gasteiger partial charge in [0, 0.05) is 6.92 Å². The molecule has 0 radical (unpaired) electrons. The number of carbonyl (C=O) groups excluding carboxylic acids is 1. The minimum atomic E-state index is -3.57. The number of fused-ring (bicyclic) bond motifs is 1. The summed E-state index contributed by atoms with van der Waals surface area (Å²) in [5.74, 6) is -0.197. The first-order valence-corrected chi connectivity index (χ1v) is 9.36. The maximum absolute atomic E-state index is 12.2. The molecule has 0 saturated carbocycles. The van der Waals surface area contributed by atoms with Crippen molar-refractivity contribution in [3.05, 3.63) is 35.7 Å². The second kappa shape index (κ2) is 5.67. The van der Waals surface area contributed by atoms with Crippen LogP contribution in [0.3, 0.4) is 0 Å². The summed E-state index contributed by atoms with van der Waals surface area (Å²) < 4.78 is 27.9. The molecule has 0 fully saturated rings. The second-order valence-electron chi connectivity index (χ2n) is 4.42. The number of aromatic nitrogens is 1. The maximum Gasteiger partial charge on any atom is 0.271 e. The molecule has 0 unspecified atom stereocenters. The van der Waals surface area contributed by atoms with Gasteiger partial charge in [-0.1, -0.05) is 17.4 Å². The van der Waals surface area contributed by atoms with Crippen LogP contribution in [0.25, 0.3) is 10.2 Å². The summed E-state index contributed by atoms with van der Waals surface area (Å²) in [7, 11) is -3.57. The summed E-state index contributed by atoms with van der Waals surface area (Å²) in [5.41, 5.74) is 1.16. The fraction of sp³-hybridized carbons (Fsp3) is 0.0769. The van der Waals surface area contributed by atoms with E-state index in [0.29, 0.717) is 16.3 Å². The van der Waals surface area contributed by atoms with Gasteiger partial charge in [0.05, 0.1) is 15.9 Å². The number of sulfonamides is 1. The smallest absolute Gasteiger partial charge is 0.271 e. The second-order valence-corrected chi connectivity index (χ2v) is 8.31. The van der Waals surface area contributed by atoms with Crippen LogP contribution in [-0.2, 0) is 14.8 Å². The molecular weight excluding hydrogens is 342 g/mol. The van der Waals surface area contributed by atoms with E-state index >= 15 is 0 Å². The Hall–Kier alpha value is -1.97. The first-order chi connectivity index (χ1) is 10.4. The molecule has 9 heteroatoms. The van der Waals surface area contributed by atoms with Crippen molar-refractivity contribution in [2.24, 2.45) is 0 Å². The number of nitrogens with zero attached hydrogens (tertiary/aromatic N) is 1. The van der Waals surface area contributed by atoms with Crippen LogP contribution >= 0.6 is 22.7 Å². The van der Waals surface area contributed by atoms with Gasteiger partial charge < -0.3 is 5.32 Å². The zero-order valence-corrected chi connectivity index (χ0v) is 13.8. The van der Waals surface area contributed by atoms with Crippen LogP contribution in [0.5, 0.6) is 0 Å². The number of thiophene rings is 1. The fourth-order valence-electron chi connectivity index (χ4n) is 1.81. The molecule has 2 heterocycles. The molecule has 0 saturated heterocycles. The number of anilines is 2. The molecule has 1 aromatic carbocycles. The van der Waals surface area contributed by atoms with E-state index in [1.807, 2.05) is 0 Å². The summed E-state index contributed by atoms with van der Waals surface area (Å²) in [6.45, 7) is 1.41. The first kappa shape index (κ1) is 14.9. The molecule has 2 aromatic heterocycles. The molecule has 0 aliphatic heterocycles. The third-order valence-electron chi connectivity index (χ3n) is 2.68. The van der Waals surface area contributed by atoms with Gasteiger partial charge in [-0.05, 0) is 29.6 Å². The van der Waals surface area contributed by atoms with Crippen molar-refractivity contribution in [1.82, 2.24) is 4.98 Å². The van der Waals surface area contributed by atoms with Gasteiger partial charge >= 0.3 is 0 Å². The van der Waals surface area contributed by atoms with Crippen molar-refractivity contribution in [3.8, 4) is 0 Å². The Labute approximate surface area is 134 Å². The van der Waals surface area contributed by atoms with Gasteiger partial charge in [-0.25, -0.2) is 13.4 Å². The van der Waals surface area contributed by atoms with Gasteiger partial charge in [0.25, 0.3) is 10.0 Å². The molecule has 0 aliphatic carbocycles. The highest BCUT2D eigenvalue weighted by Crippen LogP contribution is 2.29. The Bertz CT molecular complexity index is 930. The molecule has 3 rings (SSSR count). The summed E-state index contributed by atoms with van der Waals surface area (Å²) >= 11 is 2.44. The topological polar surface area (TPSA) is 88.2 Å². The van der Waals surface area contributed by atoms with Crippen LogP contribution in [0.4, 0.5) is 10.8 Å². The Morgan fingerprint density at radius 1 is 1.27 bits per heavy atom. The third-order valence-corrected chi connectivity index (χ3v) is 6.40. The van der Waals surface area contributed by atoms with E-state index in [9.17, 15) is 13.2 Å². The van der Waals surface area contributed by atoms with E-state index in [2.05, 4.69) is 15.0 Å². The van der Waals surface area contributed by atoms with E-state index in [-0.39, 0.29) is 10.1 Å². The average Bonchev–Trinajstić information content (AvgIpc) is 3.05. The van der Waals surface area contributed by atoms with Crippen molar-refractivity contribution < 1.29 is 13.2 Å². The highest BCUT2D eigenvalue weighted by molar-refractivity contribution is 7.94.